The Bertz CT molecular complexity index is 425. The number of benzene rings is 1. The first-order valence-corrected chi connectivity index (χ1v) is 8.21. The van der Waals surface area contributed by atoms with E-state index >= 15 is 0 Å². The molecule has 3 heteroatoms. The summed E-state index contributed by atoms with van der Waals surface area (Å²) in [6.45, 7) is 5.64. The van der Waals surface area contributed by atoms with Crippen molar-refractivity contribution in [2.45, 2.75) is 58.5 Å². The first-order chi connectivity index (χ1) is 10.1. The number of nitrogens with two attached hydrogens (primary N) is 1. The van der Waals surface area contributed by atoms with Gasteiger partial charge in [0.05, 0.1) is 6.61 Å². The highest BCUT2D eigenvalue weighted by Crippen LogP contribution is 2.35. The zero-order valence-electron chi connectivity index (χ0n) is 13.4. The van der Waals surface area contributed by atoms with Crippen LogP contribution in [0.1, 0.15) is 52.4 Å². The van der Waals surface area contributed by atoms with E-state index in [-0.39, 0.29) is 6.10 Å². The van der Waals surface area contributed by atoms with Gasteiger partial charge in [-0.1, -0.05) is 38.7 Å². The first-order valence-electron chi connectivity index (χ1n) is 8.21. The van der Waals surface area contributed by atoms with Crippen LogP contribution in [0, 0.1) is 5.41 Å². The molecule has 118 valence electrons. The van der Waals surface area contributed by atoms with Gasteiger partial charge in [0.1, 0.15) is 17.6 Å². The van der Waals surface area contributed by atoms with Gasteiger partial charge in [-0.3, -0.25) is 0 Å². The van der Waals surface area contributed by atoms with E-state index in [2.05, 4.69) is 6.92 Å². The molecular formula is C18H29NO2. The molecule has 1 aliphatic rings. The van der Waals surface area contributed by atoms with Crippen LogP contribution in [0.2, 0.25) is 0 Å². The van der Waals surface area contributed by atoms with Crippen LogP contribution < -0.4 is 15.2 Å². The minimum Gasteiger partial charge on any atom is -0.493 e. The molecule has 21 heavy (non-hydrogen) atoms. The van der Waals surface area contributed by atoms with Crippen molar-refractivity contribution in [3.8, 4) is 11.5 Å². The van der Waals surface area contributed by atoms with Crippen molar-refractivity contribution >= 4 is 0 Å². The third-order valence-corrected chi connectivity index (χ3v) is 4.37. The van der Waals surface area contributed by atoms with Gasteiger partial charge in [0.25, 0.3) is 0 Å². The van der Waals surface area contributed by atoms with Crippen LogP contribution in [0.5, 0.6) is 11.5 Å². The van der Waals surface area contributed by atoms with Crippen molar-refractivity contribution in [2.75, 3.05) is 13.2 Å². The largest absolute Gasteiger partial charge is 0.493 e. The Morgan fingerprint density at radius 1 is 1.14 bits per heavy atom. The van der Waals surface area contributed by atoms with E-state index in [1.807, 2.05) is 31.2 Å². The Kier molecular flexibility index (Phi) is 5.92. The Morgan fingerprint density at radius 2 is 1.81 bits per heavy atom. The summed E-state index contributed by atoms with van der Waals surface area (Å²) in [5.41, 5.74) is 5.91. The van der Waals surface area contributed by atoms with Crippen molar-refractivity contribution in [3.05, 3.63) is 24.3 Å². The molecule has 1 aromatic carbocycles. The molecule has 3 nitrogen and oxygen atoms in total. The zero-order chi connectivity index (χ0) is 15.1. The molecule has 0 amide bonds. The summed E-state index contributed by atoms with van der Waals surface area (Å²) in [6, 6.07) is 7.89. The van der Waals surface area contributed by atoms with E-state index in [9.17, 15) is 0 Å². The van der Waals surface area contributed by atoms with Gasteiger partial charge in [0, 0.05) is 18.0 Å². The maximum atomic E-state index is 6.05. The summed E-state index contributed by atoms with van der Waals surface area (Å²) in [7, 11) is 0. The molecule has 1 aromatic rings. The third kappa shape index (κ3) is 5.24. The molecule has 1 saturated carbocycles. The molecule has 1 aliphatic carbocycles. The summed E-state index contributed by atoms with van der Waals surface area (Å²) < 4.78 is 11.8. The Hall–Kier alpha value is -1.22. The van der Waals surface area contributed by atoms with Gasteiger partial charge in [-0.05, 0) is 31.9 Å². The highest BCUT2D eigenvalue weighted by atomic mass is 16.5. The summed E-state index contributed by atoms with van der Waals surface area (Å²) in [5.74, 6) is 1.72. The predicted octanol–water partition coefficient (Wildman–Crippen LogP) is 4.15. The van der Waals surface area contributed by atoms with E-state index in [0.29, 0.717) is 12.0 Å². The van der Waals surface area contributed by atoms with Crippen molar-refractivity contribution in [1.29, 1.82) is 0 Å². The smallest absolute Gasteiger partial charge is 0.123 e. The third-order valence-electron chi connectivity index (χ3n) is 4.37. The molecular weight excluding hydrogens is 262 g/mol. The van der Waals surface area contributed by atoms with E-state index in [4.69, 9.17) is 15.2 Å². The molecule has 1 unspecified atom stereocenters. The van der Waals surface area contributed by atoms with Crippen LogP contribution in [0.3, 0.4) is 0 Å². The maximum absolute atomic E-state index is 6.05. The second-order valence-electron chi connectivity index (χ2n) is 6.65. The molecule has 0 spiro atoms. The minimum absolute atomic E-state index is 0.0274. The fraction of sp³-hybridized carbons (Fsp3) is 0.667. The van der Waals surface area contributed by atoms with Crippen molar-refractivity contribution in [3.63, 3.8) is 0 Å². The summed E-state index contributed by atoms with van der Waals surface area (Å²) in [4.78, 5) is 0. The average Bonchev–Trinajstić information content (AvgIpc) is 2.71. The molecule has 0 aliphatic heterocycles. The van der Waals surface area contributed by atoms with E-state index in [0.717, 1.165) is 18.1 Å². The summed E-state index contributed by atoms with van der Waals surface area (Å²) in [6.07, 6.45) is 7.97. The maximum Gasteiger partial charge on any atom is 0.123 e. The van der Waals surface area contributed by atoms with Crippen molar-refractivity contribution in [1.82, 2.24) is 0 Å². The molecule has 0 radical (unpaired) electrons. The molecule has 1 fully saturated rings. The van der Waals surface area contributed by atoms with Gasteiger partial charge in [-0.15, -0.1) is 0 Å². The topological polar surface area (TPSA) is 44.5 Å². The van der Waals surface area contributed by atoms with Crippen LogP contribution >= 0.6 is 0 Å². The zero-order valence-corrected chi connectivity index (χ0v) is 13.4. The number of rotatable bonds is 6. The normalized spacial score (nSPS) is 19.6. The highest BCUT2D eigenvalue weighted by Gasteiger charge is 2.26. The highest BCUT2D eigenvalue weighted by molar-refractivity contribution is 5.33. The van der Waals surface area contributed by atoms with E-state index in [1.54, 1.807) is 0 Å². The minimum atomic E-state index is 0.0274. The summed E-state index contributed by atoms with van der Waals surface area (Å²) in [5, 5.41) is 0. The Labute approximate surface area is 128 Å². The lowest BCUT2D eigenvalue weighted by molar-refractivity contribution is 0.142. The van der Waals surface area contributed by atoms with E-state index < -0.39 is 0 Å². The lowest BCUT2D eigenvalue weighted by Gasteiger charge is -2.28. The molecule has 2 N–H and O–H groups in total. The van der Waals surface area contributed by atoms with Gasteiger partial charge in [-0.2, -0.15) is 0 Å². The quantitative estimate of drug-likeness (QED) is 0.801. The van der Waals surface area contributed by atoms with Gasteiger partial charge in [0.2, 0.25) is 0 Å². The van der Waals surface area contributed by atoms with E-state index in [1.165, 1.54) is 38.5 Å². The molecule has 2 rings (SSSR count). The fourth-order valence-electron chi connectivity index (χ4n) is 2.90. The second kappa shape index (κ2) is 7.69. The van der Waals surface area contributed by atoms with Crippen LogP contribution in [0.4, 0.5) is 0 Å². The fourth-order valence-corrected chi connectivity index (χ4v) is 2.90. The SMILES string of the molecule is CC(CN)Oc1cccc(OCC2(C)CCCCCC2)c1. The molecule has 0 aromatic heterocycles. The van der Waals surface area contributed by atoms with Gasteiger partial charge in [0.15, 0.2) is 0 Å². The monoisotopic (exact) mass is 291 g/mol. The first kappa shape index (κ1) is 16.2. The van der Waals surface area contributed by atoms with Gasteiger partial charge < -0.3 is 15.2 Å². The lowest BCUT2D eigenvalue weighted by atomic mass is 9.83. The van der Waals surface area contributed by atoms with Gasteiger partial charge in [-0.25, -0.2) is 0 Å². The van der Waals surface area contributed by atoms with Gasteiger partial charge >= 0.3 is 0 Å². The van der Waals surface area contributed by atoms with Crippen LogP contribution in [0.15, 0.2) is 24.3 Å². The van der Waals surface area contributed by atoms with Crippen LogP contribution in [-0.4, -0.2) is 19.3 Å². The number of hydrogen-bond acceptors (Lipinski definition) is 3. The molecule has 0 heterocycles. The second-order valence-corrected chi connectivity index (χ2v) is 6.65. The lowest BCUT2D eigenvalue weighted by Crippen LogP contribution is -2.24. The van der Waals surface area contributed by atoms with Crippen molar-refractivity contribution in [2.24, 2.45) is 11.1 Å². The molecule has 0 saturated heterocycles. The van der Waals surface area contributed by atoms with Crippen LogP contribution in [0.25, 0.3) is 0 Å². The average molecular weight is 291 g/mol. The number of ether oxygens (including phenoxy) is 2. The van der Waals surface area contributed by atoms with Crippen LogP contribution in [-0.2, 0) is 0 Å². The Balaban J connectivity index is 1.91. The summed E-state index contributed by atoms with van der Waals surface area (Å²) >= 11 is 0. The Morgan fingerprint density at radius 3 is 2.48 bits per heavy atom. The number of hydrogen-bond donors (Lipinski definition) is 1. The van der Waals surface area contributed by atoms with Crippen molar-refractivity contribution < 1.29 is 9.47 Å². The molecule has 1 atom stereocenters. The molecule has 0 bridgehead atoms. The standard InChI is InChI=1S/C18H29NO2/c1-15(13-19)21-17-9-7-8-16(12-17)20-14-18(2)10-5-3-4-6-11-18/h7-9,12,15H,3-6,10-11,13-14,19H2,1-2H3. The predicted molar refractivity (Wildman–Crippen MR) is 86.9 cm³/mol.